The molecule has 3 atom stereocenters. The van der Waals surface area contributed by atoms with Crippen LogP contribution < -0.4 is 10.6 Å². The fraction of sp³-hybridized carbons (Fsp3) is 0.870. The third-order valence-corrected chi connectivity index (χ3v) is 7.56. The summed E-state index contributed by atoms with van der Waals surface area (Å²) in [6, 6.07) is 0.508. The second-order valence-electron chi connectivity index (χ2n) is 10.4. The van der Waals surface area contributed by atoms with Crippen LogP contribution in [0.25, 0.3) is 0 Å². The van der Waals surface area contributed by atoms with E-state index in [1.54, 1.807) is 0 Å². The van der Waals surface area contributed by atoms with Crippen LogP contribution in [0.15, 0.2) is 0 Å². The molecule has 0 aromatic carbocycles. The minimum atomic E-state index is -0.0964. The maximum absolute atomic E-state index is 13.2. The van der Waals surface area contributed by atoms with Crippen molar-refractivity contribution in [1.82, 2.24) is 25.3 Å². The Bertz CT molecular complexity index is 676. The molecule has 2 bridgehead atoms. The number of rotatable bonds is 4. The predicted octanol–water partition coefficient (Wildman–Crippen LogP) is 2.25. The van der Waals surface area contributed by atoms with Gasteiger partial charge in [-0.15, -0.1) is 0 Å². The molecule has 174 valence electrons. The second kappa shape index (κ2) is 9.65. The maximum Gasteiger partial charge on any atom is 0.320 e. The Morgan fingerprint density at radius 3 is 2.58 bits per heavy atom. The highest BCUT2D eigenvalue weighted by molar-refractivity contribution is 5.78. The van der Waals surface area contributed by atoms with Crippen LogP contribution in [0.1, 0.15) is 58.8 Å². The minimum Gasteiger partial charge on any atom is -0.339 e. The molecule has 5 amide bonds. The number of urea groups is 2. The summed E-state index contributed by atoms with van der Waals surface area (Å²) >= 11 is 0. The predicted molar refractivity (Wildman–Crippen MR) is 119 cm³/mol. The van der Waals surface area contributed by atoms with Gasteiger partial charge in [0.05, 0.1) is 0 Å². The topological polar surface area (TPSA) is 85.0 Å². The van der Waals surface area contributed by atoms with Gasteiger partial charge >= 0.3 is 12.1 Å². The number of piperidine rings is 4. The van der Waals surface area contributed by atoms with Crippen molar-refractivity contribution < 1.29 is 14.4 Å². The lowest BCUT2D eigenvalue weighted by molar-refractivity contribution is -0.144. The molecule has 4 aliphatic rings. The molecule has 4 fully saturated rings. The molecule has 31 heavy (non-hydrogen) atoms. The van der Waals surface area contributed by atoms with E-state index in [4.69, 9.17) is 0 Å². The standard InChI is InChI=1S/C23H39N5O3/c1-16(2)6-9-24-22(30)25-19-7-10-26(11-8-19)23(31)27-13-17-12-18(15-27)20-4-3-5-21(29)28(20)14-17/h16-20H,3-15H2,1-2H3,(H2,24,25,30)/t17?,18?,20-/m1/s1. The summed E-state index contributed by atoms with van der Waals surface area (Å²) in [5.74, 6) is 1.73. The van der Waals surface area contributed by atoms with Gasteiger partial charge < -0.3 is 25.3 Å². The molecule has 4 aliphatic heterocycles. The molecular formula is C23H39N5O3. The van der Waals surface area contributed by atoms with Crippen LogP contribution in [0, 0.1) is 17.8 Å². The van der Waals surface area contributed by atoms with E-state index in [1.165, 1.54) is 0 Å². The monoisotopic (exact) mass is 433 g/mol. The zero-order valence-electron chi connectivity index (χ0n) is 19.1. The summed E-state index contributed by atoms with van der Waals surface area (Å²) < 4.78 is 0. The van der Waals surface area contributed by atoms with Crippen molar-refractivity contribution in [3.8, 4) is 0 Å². The van der Waals surface area contributed by atoms with Gasteiger partial charge in [0.1, 0.15) is 0 Å². The van der Waals surface area contributed by atoms with Gasteiger partial charge in [0.2, 0.25) is 5.91 Å². The van der Waals surface area contributed by atoms with E-state index in [1.807, 2.05) is 9.80 Å². The summed E-state index contributed by atoms with van der Waals surface area (Å²) in [6.45, 7) is 8.73. The summed E-state index contributed by atoms with van der Waals surface area (Å²) in [5, 5.41) is 5.99. The lowest BCUT2D eigenvalue weighted by Crippen LogP contribution is -2.62. The van der Waals surface area contributed by atoms with Crippen LogP contribution in [0.2, 0.25) is 0 Å². The largest absolute Gasteiger partial charge is 0.339 e. The number of carbonyl (C=O) groups excluding carboxylic acids is 3. The third kappa shape index (κ3) is 5.26. The van der Waals surface area contributed by atoms with Crippen molar-refractivity contribution in [3.63, 3.8) is 0 Å². The summed E-state index contributed by atoms with van der Waals surface area (Å²) in [6.07, 6.45) is 6.49. The second-order valence-corrected chi connectivity index (χ2v) is 10.4. The van der Waals surface area contributed by atoms with Crippen LogP contribution in [0.4, 0.5) is 9.59 Å². The van der Waals surface area contributed by atoms with Gasteiger partial charge in [-0.2, -0.15) is 0 Å². The minimum absolute atomic E-state index is 0.0964. The zero-order chi connectivity index (χ0) is 22.0. The van der Waals surface area contributed by atoms with Crippen LogP contribution in [0.5, 0.6) is 0 Å². The van der Waals surface area contributed by atoms with E-state index in [0.717, 1.165) is 58.2 Å². The van der Waals surface area contributed by atoms with Crippen LogP contribution in [0.3, 0.4) is 0 Å². The summed E-state index contributed by atoms with van der Waals surface area (Å²) in [7, 11) is 0. The zero-order valence-corrected chi connectivity index (χ0v) is 19.1. The van der Waals surface area contributed by atoms with E-state index >= 15 is 0 Å². The number of hydrogen-bond acceptors (Lipinski definition) is 3. The van der Waals surface area contributed by atoms with Crippen LogP contribution >= 0.6 is 0 Å². The van der Waals surface area contributed by atoms with Crippen LogP contribution in [-0.2, 0) is 4.79 Å². The summed E-state index contributed by atoms with van der Waals surface area (Å²) in [4.78, 5) is 43.7. The first kappa shape index (κ1) is 22.2. The van der Waals surface area contributed by atoms with Gasteiger partial charge in [0.25, 0.3) is 0 Å². The van der Waals surface area contributed by atoms with Crippen molar-refractivity contribution in [2.75, 3.05) is 39.3 Å². The molecule has 0 spiro atoms. The average molecular weight is 434 g/mol. The van der Waals surface area contributed by atoms with Gasteiger partial charge in [0, 0.05) is 57.8 Å². The molecule has 4 rings (SSSR count). The molecule has 0 aliphatic carbocycles. The van der Waals surface area contributed by atoms with Crippen molar-refractivity contribution >= 4 is 18.0 Å². The lowest BCUT2D eigenvalue weighted by atomic mass is 9.76. The Labute approximate surface area is 186 Å². The normalized spacial score (nSPS) is 29.1. The number of likely N-dealkylation sites (tertiary alicyclic amines) is 2. The molecule has 0 saturated carbocycles. The molecule has 0 aromatic rings. The molecule has 4 saturated heterocycles. The number of amides is 5. The number of fused-ring (bicyclic) bond motifs is 4. The Morgan fingerprint density at radius 2 is 1.84 bits per heavy atom. The molecule has 8 nitrogen and oxygen atoms in total. The molecule has 0 radical (unpaired) electrons. The summed E-state index contributed by atoms with van der Waals surface area (Å²) in [5.41, 5.74) is 0. The Balaban J connectivity index is 1.23. The van der Waals surface area contributed by atoms with E-state index in [2.05, 4.69) is 29.4 Å². The Hall–Kier alpha value is -1.99. The molecule has 4 heterocycles. The van der Waals surface area contributed by atoms with E-state index in [9.17, 15) is 14.4 Å². The lowest BCUT2D eigenvalue weighted by Gasteiger charge is -2.53. The van der Waals surface area contributed by atoms with E-state index in [-0.39, 0.29) is 18.1 Å². The fourth-order valence-electron chi connectivity index (χ4n) is 5.89. The van der Waals surface area contributed by atoms with Gasteiger partial charge in [0.15, 0.2) is 0 Å². The first-order valence-electron chi connectivity index (χ1n) is 12.3. The highest BCUT2D eigenvalue weighted by Gasteiger charge is 2.45. The quantitative estimate of drug-likeness (QED) is 0.713. The van der Waals surface area contributed by atoms with Crippen LogP contribution in [-0.4, -0.2) is 84.0 Å². The van der Waals surface area contributed by atoms with Gasteiger partial charge in [-0.25, -0.2) is 9.59 Å². The Kier molecular flexibility index (Phi) is 6.92. The number of nitrogens with one attached hydrogen (secondary N) is 2. The maximum atomic E-state index is 13.2. The molecule has 2 unspecified atom stereocenters. The average Bonchev–Trinajstić information content (AvgIpc) is 2.74. The SMILES string of the molecule is CC(C)CCNC(=O)NC1CCN(C(=O)N2CC3CC(C2)[C@H]2CCCC(=O)N2C3)CC1. The highest BCUT2D eigenvalue weighted by Crippen LogP contribution is 2.38. The van der Waals surface area contributed by atoms with Crippen molar-refractivity contribution in [2.45, 2.75) is 70.9 Å². The molecule has 0 aromatic heterocycles. The van der Waals surface area contributed by atoms with E-state index < -0.39 is 0 Å². The van der Waals surface area contributed by atoms with Gasteiger partial charge in [-0.05, 0) is 56.3 Å². The fourth-order valence-corrected chi connectivity index (χ4v) is 5.89. The number of carbonyl (C=O) groups is 3. The third-order valence-electron chi connectivity index (χ3n) is 7.56. The number of hydrogen-bond donors (Lipinski definition) is 2. The smallest absolute Gasteiger partial charge is 0.320 e. The molecule has 2 N–H and O–H groups in total. The van der Waals surface area contributed by atoms with Gasteiger partial charge in [-0.3, -0.25) is 4.79 Å². The van der Waals surface area contributed by atoms with Crippen molar-refractivity contribution in [2.24, 2.45) is 17.8 Å². The number of nitrogens with zero attached hydrogens (tertiary/aromatic N) is 3. The van der Waals surface area contributed by atoms with Gasteiger partial charge in [-0.1, -0.05) is 13.8 Å². The first-order chi connectivity index (χ1) is 14.9. The van der Waals surface area contributed by atoms with E-state index in [0.29, 0.717) is 55.8 Å². The highest BCUT2D eigenvalue weighted by atomic mass is 16.2. The molecular weight excluding hydrogens is 394 g/mol. The molecule has 8 heteroatoms. The van der Waals surface area contributed by atoms with Crippen molar-refractivity contribution in [1.29, 1.82) is 0 Å². The van der Waals surface area contributed by atoms with Crippen molar-refractivity contribution in [3.05, 3.63) is 0 Å². The Morgan fingerprint density at radius 1 is 1.06 bits per heavy atom. The first-order valence-corrected chi connectivity index (χ1v) is 12.3.